The van der Waals surface area contributed by atoms with Gasteiger partial charge in [-0.3, -0.25) is 0 Å². The third-order valence-electron chi connectivity index (χ3n) is 6.40. The van der Waals surface area contributed by atoms with Crippen molar-refractivity contribution >= 4 is 89.7 Å². The Morgan fingerprint density at radius 1 is 0.818 bits per heavy atom. The zero-order valence-electron chi connectivity index (χ0n) is 18.8. The van der Waals surface area contributed by atoms with Crippen LogP contribution in [0.4, 0.5) is 16.4 Å². The van der Waals surface area contributed by atoms with Gasteiger partial charge in [0, 0.05) is 0 Å². The summed E-state index contributed by atoms with van der Waals surface area (Å²) >= 11 is 3.27. The van der Waals surface area contributed by atoms with Crippen molar-refractivity contribution in [3.8, 4) is 0 Å². The number of hydrogen-bond donors (Lipinski definition) is 0. The summed E-state index contributed by atoms with van der Waals surface area (Å²) in [4.78, 5) is 31.8. The van der Waals surface area contributed by atoms with Crippen molar-refractivity contribution in [2.45, 2.75) is 13.1 Å². The molecule has 0 spiro atoms. The molecule has 1 aromatic heterocycles. The van der Waals surface area contributed by atoms with Crippen molar-refractivity contribution in [3.63, 3.8) is 0 Å². The van der Waals surface area contributed by atoms with Crippen LogP contribution in [-0.4, -0.2) is 69.4 Å². The number of hydrogen-bond acceptors (Lipinski definition) is 4. The van der Waals surface area contributed by atoms with Crippen LogP contribution in [0.15, 0.2) is 66.2 Å². The molecular weight excluding hydrogens is 562 g/mol. The van der Waals surface area contributed by atoms with E-state index in [1.165, 1.54) is 31.5 Å². The molecule has 2 aromatic carbocycles. The Morgan fingerprint density at radius 3 is 1.88 bits per heavy atom. The number of thiophene rings is 1. The molecule has 0 bridgehead atoms. The summed E-state index contributed by atoms with van der Waals surface area (Å²) in [7, 11) is 1.57. The Morgan fingerprint density at radius 2 is 1.33 bits per heavy atom. The summed E-state index contributed by atoms with van der Waals surface area (Å²) in [5, 5.41) is 3.88. The van der Waals surface area contributed by atoms with Gasteiger partial charge in [0.15, 0.2) is 0 Å². The van der Waals surface area contributed by atoms with Crippen molar-refractivity contribution in [2.24, 2.45) is 0 Å². The predicted molar refractivity (Wildman–Crippen MR) is 140 cm³/mol. The molecule has 0 N–H and O–H groups in total. The van der Waals surface area contributed by atoms with Gasteiger partial charge >= 0.3 is 187 Å². The first-order valence-electron chi connectivity index (χ1n) is 10.6. The van der Waals surface area contributed by atoms with E-state index in [1.54, 1.807) is 53.3 Å². The van der Waals surface area contributed by atoms with E-state index in [0.717, 1.165) is 9.88 Å². The van der Waals surface area contributed by atoms with Gasteiger partial charge in [0.1, 0.15) is 0 Å². The Hall–Kier alpha value is -2.50. The van der Waals surface area contributed by atoms with E-state index in [4.69, 9.17) is 0 Å². The molecule has 2 aliphatic rings. The van der Waals surface area contributed by atoms with Crippen LogP contribution in [0.5, 0.6) is 0 Å². The molecule has 1 fully saturated rings. The summed E-state index contributed by atoms with van der Waals surface area (Å²) in [5.41, 5.74) is 2.61. The van der Waals surface area contributed by atoms with E-state index in [1.807, 2.05) is 6.07 Å². The van der Waals surface area contributed by atoms with Gasteiger partial charge in [0.05, 0.1) is 0 Å². The summed E-state index contributed by atoms with van der Waals surface area (Å²) < 4.78 is 0.637. The maximum absolute atomic E-state index is 12.8. The molecular formula is C25H23N3O2SSiTe. The van der Waals surface area contributed by atoms with Crippen LogP contribution in [0.25, 0.3) is 6.08 Å². The van der Waals surface area contributed by atoms with E-state index in [2.05, 4.69) is 72.6 Å². The molecule has 1 saturated heterocycles. The molecule has 8 heteroatoms. The van der Waals surface area contributed by atoms with Gasteiger partial charge in [-0.1, -0.05) is 25.2 Å². The second-order valence-electron chi connectivity index (χ2n) is 8.74. The van der Waals surface area contributed by atoms with Crippen LogP contribution in [0.1, 0.15) is 4.88 Å². The molecule has 33 heavy (non-hydrogen) atoms. The molecule has 3 heterocycles. The van der Waals surface area contributed by atoms with Gasteiger partial charge in [0.25, 0.3) is 0 Å². The molecule has 5 nitrogen and oxygen atoms in total. The van der Waals surface area contributed by atoms with E-state index < -0.39 is 8.07 Å². The summed E-state index contributed by atoms with van der Waals surface area (Å²) in [6, 6.07) is 21.4. The van der Waals surface area contributed by atoms with Crippen LogP contribution >= 0.6 is 11.3 Å². The zero-order valence-corrected chi connectivity index (χ0v) is 23.0. The Kier molecular flexibility index (Phi) is 5.45. The number of nitrogens with zero attached hydrogens (tertiary/aromatic N) is 3. The number of amides is 2. The maximum atomic E-state index is 12.8. The number of carbonyl (C=O) groups excluding carboxylic acids is 2. The van der Waals surface area contributed by atoms with Crippen LogP contribution in [0, 0.1) is 0 Å². The zero-order chi connectivity index (χ0) is 23.5. The fourth-order valence-corrected chi connectivity index (χ4v) is 9.00. The van der Waals surface area contributed by atoms with Crippen molar-refractivity contribution in [2.75, 3.05) is 19.0 Å². The fourth-order valence-electron chi connectivity index (χ4n) is 4.56. The van der Waals surface area contributed by atoms with E-state index in [-0.39, 0.29) is 17.4 Å². The summed E-state index contributed by atoms with van der Waals surface area (Å²) in [5.74, 6) is -0.538. The predicted octanol–water partition coefficient (Wildman–Crippen LogP) is 2.92. The quantitative estimate of drug-likeness (QED) is 0.264. The van der Waals surface area contributed by atoms with E-state index in [9.17, 15) is 9.59 Å². The van der Waals surface area contributed by atoms with Gasteiger partial charge in [0.2, 0.25) is 0 Å². The van der Waals surface area contributed by atoms with Crippen LogP contribution in [0.3, 0.4) is 0 Å². The number of benzene rings is 2. The Labute approximate surface area is 211 Å². The average molecular weight is 585 g/mol. The van der Waals surface area contributed by atoms with Gasteiger partial charge < -0.3 is 0 Å². The Balaban J connectivity index is 1.61. The molecule has 166 valence electrons. The summed E-state index contributed by atoms with van der Waals surface area (Å²) in [6.07, 6.45) is 1.72. The van der Waals surface area contributed by atoms with E-state index in [0.29, 0.717) is 3.80 Å². The molecule has 0 radical (unpaired) electrons. The second kappa shape index (κ2) is 8.07. The monoisotopic (exact) mass is 587 g/mol. The number of para-hydroxylation sites is 2. The summed E-state index contributed by atoms with van der Waals surface area (Å²) in [6.45, 7) is 4.80. The molecule has 2 aliphatic heterocycles. The molecule has 0 unspecified atom stereocenters. The van der Waals surface area contributed by atoms with E-state index >= 15 is 0 Å². The van der Waals surface area contributed by atoms with Gasteiger partial charge in [-0.25, -0.2) is 0 Å². The average Bonchev–Trinajstić information content (AvgIpc) is 3.28. The first-order valence-corrected chi connectivity index (χ1v) is 15.6. The SMILES string of the molecule is CN1C(=O)C(=Cc2ccc(N3c4ccccc4[Si](C)(C)c4ccccc43)s2)C(=O)N(C)C1=[Te]. The standard InChI is InChI=1S/C25H23N3O2SSiTe/c1-26-23(29)17(24(30)27(2)25(26)33)15-16-13-14-22(31-16)28-18-9-5-7-11-20(18)32(3,4)21-12-8-6-10-19(21)28/h5-15H,1-4H3. The topological polar surface area (TPSA) is 43.9 Å². The van der Waals surface area contributed by atoms with Crippen molar-refractivity contribution < 1.29 is 9.59 Å². The minimum absolute atomic E-state index is 0.189. The number of likely N-dealkylation sites (N-methyl/N-ethyl adjacent to an activating group) is 2. The first-order chi connectivity index (χ1) is 15.7. The minimum atomic E-state index is -1.83. The third kappa shape index (κ3) is 3.44. The van der Waals surface area contributed by atoms with Crippen molar-refractivity contribution in [3.05, 3.63) is 71.1 Å². The third-order valence-corrected chi connectivity index (χ3v) is 12.5. The first kappa shape index (κ1) is 22.3. The van der Waals surface area contributed by atoms with Gasteiger partial charge in [-0.15, -0.1) is 0 Å². The van der Waals surface area contributed by atoms with Gasteiger partial charge in [-0.2, -0.15) is 0 Å². The number of carbonyl (C=O) groups is 2. The van der Waals surface area contributed by atoms with Crippen LogP contribution < -0.4 is 15.3 Å². The molecule has 3 aromatic rings. The second-order valence-corrected chi connectivity index (χ2v) is 15.2. The molecule has 5 rings (SSSR count). The Bertz CT molecular complexity index is 1290. The molecule has 0 atom stereocenters. The normalized spacial score (nSPS) is 17.3. The van der Waals surface area contributed by atoms with Crippen molar-refractivity contribution in [1.29, 1.82) is 0 Å². The van der Waals surface area contributed by atoms with Gasteiger partial charge in [-0.05, 0) is 0 Å². The number of anilines is 3. The van der Waals surface area contributed by atoms with Crippen LogP contribution in [0.2, 0.25) is 13.1 Å². The number of fused-ring (bicyclic) bond motifs is 2. The molecule has 0 aliphatic carbocycles. The fraction of sp³-hybridized carbons (Fsp3) is 0.160. The number of rotatable bonds is 2. The van der Waals surface area contributed by atoms with Crippen LogP contribution in [-0.2, 0) is 9.59 Å². The van der Waals surface area contributed by atoms with Crippen molar-refractivity contribution in [1.82, 2.24) is 9.80 Å². The molecule has 2 amide bonds. The molecule has 0 saturated carbocycles.